The van der Waals surface area contributed by atoms with Crippen molar-refractivity contribution in [2.24, 2.45) is 0 Å². The third-order valence-corrected chi connectivity index (χ3v) is 13.1. The molecule has 0 aromatic heterocycles. The summed E-state index contributed by atoms with van der Waals surface area (Å²) in [7, 11) is 0. The van der Waals surface area contributed by atoms with Crippen molar-refractivity contribution < 1.29 is 28.6 Å². The van der Waals surface area contributed by atoms with Crippen molar-refractivity contribution in [3.05, 3.63) is 60.8 Å². The Hall–Kier alpha value is -2.89. The minimum atomic E-state index is -0.785. The molecule has 1 unspecified atom stereocenters. The van der Waals surface area contributed by atoms with E-state index in [0.717, 1.165) is 83.5 Å². The Kier molecular flexibility index (Phi) is 55.3. The van der Waals surface area contributed by atoms with Crippen molar-refractivity contribution in [3.63, 3.8) is 0 Å². The van der Waals surface area contributed by atoms with E-state index < -0.39 is 6.10 Å². The second-order valence-corrected chi connectivity index (χ2v) is 20.0. The molecule has 0 saturated carbocycles. The molecule has 0 aliphatic rings. The van der Waals surface area contributed by atoms with Crippen molar-refractivity contribution in [1.82, 2.24) is 0 Å². The first-order chi connectivity index (χ1) is 34.0. The summed E-state index contributed by atoms with van der Waals surface area (Å²) >= 11 is 0. The fourth-order valence-electron chi connectivity index (χ4n) is 8.57. The lowest BCUT2D eigenvalue weighted by atomic mass is 10.0. The van der Waals surface area contributed by atoms with Gasteiger partial charge in [-0.25, -0.2) is 0 Å². The minimum Gasteiger partial charge on any atom is -0.462 e. The Bertz CT molecular complexity index is 1250. The van der Waals surface area contributed by atoms with Crippen molar-refractivity contribution in [2.45, 2.75) is 309 Å². The predicted molar refractivity (Wildman–Crippen MR) is 298 cm³/mol. The highest BCUT2D eigenvalue weighted by Gasteiger charge is 2.19. The number of unbranched alkanes of at least 4 members (excludes halogenated alkanes) is 36. The molecule has 0 spiro atoms. The van der Waals surface area contributed by atoms with Gasteiger partial charge in [-0.15, -0.1) is 0 Å². The van der Waals surface area contributed by atoms with E-state index in [2.05, 4.69) is 81.5 Å². The maximum Gasteiger partial charge on any atom is 0.306 e. The van der Waals surface area contributed by atoms with Crippen LogP contribution in [0.25, 0.3) is 0 Å². The molecule has 0 N–H and O–H groups in total. The molecule has 0 aliphatic heterocycles. The minimum absolute atomic E-state index is 0.0809. The highest BCUT2D eigenvalue weighted by Crippen LogP contribution is 2.16. The summed E-state index contributed by atoms with van der Waals surface area (Å²) in [6.07, 6.45) is 72.0. The van der Waals surface area contributed by atoms with Crippen LogP contribution in [-0.2, 0) is 28.6 Å². The fourth-order valence-corrected chi connectivity index (χ4v) is 8.57. The first-order valence-electron chi connectivity index (χ1n) is 29.8. The molecule has 0 amide bonds. The SMILES string of the molecule is CCCCC\C=C/C=C\C=C/C=C\CCCCCCCC(=O)OCC(COC(=O)CCCCCCCCCCCCCCCCCC)OC(=O)CCCCCCCCC/C=C\CCCCCCCC. The van der Waals surface area contributed by atoms with Gasteiger partial charge >= 0.3 is 17.9 Å². The third kappa shape index (κ3) is 55.9. The summed E-state index contributed by atoms with van der Waals surface area (Å²) in [5, 5.41) is 0. The molecule has 0 aliphatic carbocycles. The summed E-state index contributed by atoms with van der Waals surface area (Å²) in [6, 6.07) is 0. The van der Waals surface area contributed by atoms with Gasteiger partial charge in [-0.2, -0.15) is 0 Å². The Morgan fingerprint density at radius 2 is 0.536 bits per heavy atom. The van der Waals surface area contributed by atoms with Gasteiger partial charge in [0.25, 0.3) is 0 Å². The highest BCUT2D eigenvalue weighted by atomic mass is 16.6. The number of carbonyl (C=O) groups is 3. The van der Waals surface area contributed by atoms with Gasteiger partial charge in [0.1, 0.15) is 13.2 Å². The standard InChI is InChI=1S/C63H112O6/c1-4-7-10-13-16-19-22-25-28-31-33-35-38-41-44-47-50-53-56-62(65)68-59-60(58-67-61(64)55-52-49-46-43-40-37-34-30-27-24-21-18-15-12-9-6-3)69-63(66)57-54-51-48-45-42-39-36-32-29-26-23-20-17-14-11-8-5-2/h16,19,22,25-26,28-29,31,33,35,60H,4-15,17-18,20-21,23-24,27,30,32,34,36-59H2,1-3H3/b19-16-,25-22-,29-26-,31-28-,35-33-. The summed E-state index contributed by atoms with van der Waals surface area (Å²) in [5.41, 5.74) is 0. The van der Waals surface area contributed by atoms with Crippen LogP contribution in [0, 0.1) is 0 Å². The van der Waals surface area contributed by atoms with E-state index in [1.807, 2.05) is 0 Å². The zero-order valence-electron chi connectivity index (χ0n) is 45.8. The lowest BCUT2D eigenvalue weighted by molar-refractivity contribution is -0.167. The van der Waals surface area contributed by atoms with E-state index in [9.17, 15) is 14.4 Å². The Balaban J connectivity index is 4.41. The van der Waals surface area contributed by atoms with Crippen LogP contribution in [0.15, 0.2) is 60.8 Å². The summed E-state index contributed by atoms with van der Waals surface area (Å²) < 4.78 is 16.9. The molecule has 0 saturated heterocycles. The molecule has 1 atom stereocenters. The number of hydrogen-bond donors (Lipinski definition) is 0. The van der Waals surface area contributed by atoms with Gasteiger partial charge in [0.2, 0.25) is 0 Å². The van der Waals surface area contributed by atoms with Crippen molar-refractivity contribution in [1.29, 1.82) is 0 Å². The lowest BCUT2D eigenvalue weighted by Crippen LogP contribution is -2.30. The van der Waals surface area contributed by atoms with E-state index in [1.54, 1.807) is 0 Å². The molecular weight excluding hydrogens is 853 g/mol. The second kappa shape index (κ2) is 57.7. The number of ether oxygens (including phenoxy) is 3. The van der Waals surface area contributed by atoms with Crippen LogP contribution in [0.1, 0.15) is 303 Å². The maximum atomic E-state index is 12.9. The van der Waals surface area contributed by atoms with E-state index in [0.29, 0.717) is 19.3 Å². The molecule has 0 bridgehead atoms. The van der Waals surface area contributed by atoms with Crippen LogP contribution >= 0.6 is 0 Å². The number of hydrogen-bond acceptors (Lipinski definition) is 6. The molecule has 6 heteroatoms. The summed E-state index contributed by atoms with van der Waals surface area (Å²) in [5.74, 6) is -0.894. The first kappa shape index (κ1) is 66.1. The lowest BCUT2D eigenvalue weighted by Gasteiger charge is -2.18. The summed E-state index contributed by atoms with van der Waals surface area (Å²) in [6.45, 7) is 6.61. The fraction of sp³-hybridized carbons (Fsp3) is 0.794. The number of esters is 3. The van der Waals surface area contributed by atoms with Gasteiger partial charge in [0.05, 0.1) is 0 Å². The molecule has 0 fully saturated rings. The molecule has 400 valence electrons. The molecule has 69 heavy (non-hydrogen) atoms. The Labute approximate surface area is 428 Å². The average Bonchev–Trinajstić information content (AvgIpc) is 3.35. The van der Waals surface area contributed by atoms with Gasteiger partial charge in [-0.1, -0.05) is 274 Å². The molecule has 0 heterocycles. The zero-order chi connectivity index (χ0) is 50.0. The van der Waals surface area contributed by atoms with E-state index in [-0.39, 0.29) is 31.1 Å². The van der Waals surface area contributed by atoms with Crippen LogP contribution in [0.3, 0.4) is 0 Å². The monoisotopic (exact) mass is 965 g/mol. The van der Waals surface area contributed by atoms with Crippen molar-refractivity contribution in [2.75, 3.05) is 13.2 Å². The molecule has 0 radical (unpaired) electrons. The van der Waals surface area contributed by atoms with Gasteiger partial charge in [-0.05, 0) is 70.6 Å². The molecule has 0 aromatic rings. The molecule has 0 rings (SSSR count). The van der Waals surface area contributed by atoms with E-state index >= 15 is 0 Å². The predicted octanol–water partition coefficient (Wildman–Crippen LogP) is 20.0. The topological polar surface area (TPSA) is 78.9 Å². The van der Waals surface area contributed by atoms with Gasteiger partial charge in [0, 0.05) is 19.3 Å². The quantitative estimate of drug-likeness (QED) is 0.0199. The maximum absolute atomic E-state index is 12.9. The smallest absolute Gasteiger partial charge is 0.306 e. The van der Waals surface area contributed by atoms with Crippen LogP contribution in [0.4, 0.5) is 0 Å². The Morgan fingerprint density at radius 3 is 0.884 bits per heavy atom. The van der Waals surface area contributed by atoms with Gasteiger partial charge in [-0.3, -0.25) is 14.4 Å². The normalized spacial score (nSPS) is 12.4. The zero-order valence-corrected chi connectivity index (χ0v) is 45.8. The number of allylic oxidation sites excluding steroid dienone is 10. The number of rotatable bonds is 54. The van der Waals surface area contributed by atoms with Crippen LogP contribution in [-0.4, -0.2) is 37.2 Å². The molecular formula is C63H112O6. The largest absolute Gasteiger partial charge is 0.462 e. The van der Waals surface area contributed by atoms with Crippen molar-refractivity contribution in [3.8, 4) is 0 Å². The molecule has 6 nitrogen and oxygen atoms in total. The Morgan fingerprint density at radius 1 is 0.290 bits per heavy atom. The van der Waals surface area contributed by atoms with Crippen molar-refractivity contribution >= 4 is 17.9 Å². The van der Waals surface area contributed by atoms with Gasteiger partial charge in [0.15, 0.2) is 6.10 Å². The van der Waals surface area contributed by atoms with Gasteiger partial charge < -0.3 is 14.2 Å². The average molecular weight is 966 g/mol. The van der Waals surface area contributed by atoms with Crippen LogP contribution in [0.5, 0.6) is 0 Å². The highest BCUT2D eigenvalue weighted by molar-refractivity contribution is 5.71. The van der Waals surface area contributed by atoms with Crippen LogP contribution in [0.2, 0.25) is 0 Å². The first-order valence-corrected chi connectivity index (χ1v) is 29.8. The third-order valence-electron chi connectivity index (χ3n) is 13.1. The summed E-state index contributed by atoms with van der Waals surface area (Å²) in [4.78, 5) is 38.2. The molecule has 0 aromatic carbocycles. The second-order valence-electron chi connectivity index (χ2n) is 20.0. The van der Waals surface area contributed by atoms with Crippen LogP contribution < -0.4 is 0 Å². The van der Waals surface area contributed by atoms with E-state index in [4.69, 9.17) is 14.2 Å². The van der Waals surface area contributed by atoms with E-state index in [1.165, 1.54) is 180 Å². The number of carbonyl (C=O) groups excluding carboxylic acids is 3.